The van der Waals surface area contributed by atoms with Crippen molar-refractivity contribution in [1.82, 2.24) is 10.6 Å². The summed E-state index contributed by atoms with van der Waals surface area (Å²) in [4.78, 5) is 36.0. The van der Waals surface area contributed by atoms with Gasteiger partial charge in [-0.25, -0.2) is 0 Å². The topological polar surface area (TPSA) is 95.5 Å². The number of hydrogen-bond donors (Lipinski definition) is 3. The van der Waals surface area contributed by atoms with Gasteiger partial charge in [0, 0.05) is 10.0 Å². The van der Waals surface area contributed by atoms with E-state index in [9.17, 15) is 14.4 Å². The van der Waals surface area contributed by atoms with E-state index in [1.165, 1.54) is 13.0 Å². The van der Waals surface area contributed by atoms with Crippen LogP contribution in [0.2, 0.25) is 0 Å². The third kappa shape index (κ3) is 6.07. The van der Waals surface area contributed by atoms with E-state index in [1.807, 2.05) is 13.0 Å². The third-order valence-corrected chi connectivity index (χ3v) is 4.18. The Labute approximate surface area is 165 Å². The molecule has 0 aromatic heterocycles. The molecule has 0 unspecified atom stereocenters. The van der Waals surface area contributed by atoms with E-state index >= 15 is 0 Å². The van der Waals surface area contributed by atoms with Crippen LogP contribution >= 0.6 is 15.9 Å². The van der Waals surface area contributed by atoms with Crippen LogP contribution in [-0.4, -0.2) is 28.9 Å². The van der Waals surface area contributed by atoms with Crippen molar-refractivity contribution in [2.45, 2.75) is 19.9 Å². The largest absolute Gasteiger partial charge is 0.480 e. The molecule has 0 radical (unpaired) electrons. The number of nitrogens with one attached hydrogen (secondary N) is 2. The Morgan fingerprint density at radius 3 is 2.37 bits per heavy atom. The quantitative estimate of drug-likeness (QED) is 0.613. The maximum atomic E-state index is 12.5. The van der Waals surface area contributed by atoms with Gasteiger partial charge in [-0.15, -0.1) is 0 Å². The zero-order chi connectivity index (χ0) is 20.0. The zero-order valence-electron chi connectivity index (χ0n) is 14.8. The molecule has 0 aliphatic carbocycles. The molecule has 140 valence electrons. The summed E-state index contributed by atoms with van der Waals surface area (Å²) < 4.78 is 0.805. The highest BCUT2D eigenvalue weighted by atomic mass is 79.9. The number of amides is 2. The van der Waals surface area contributed by atoms with E-state index in [-0.39, 0.29) is 5.70 Å². The van der Waals surface area contributed by atoms with Crippen LogP contribution in [0.3, 0.4) is 0 Å². The van der Waals surface area contributed by atoms with Gasteiger partial charge in [0.15, 0.2) is 0 Å². The van der Waals surface area contributed by atoms with Crippen molar-refractivity contribution in [3.63, 3.8) is 0 Å². The predicted molar refractivity (Wildman–Crippen MR) is 106 cm³/mol. The molecule has 3 N–H and O–H groups in total. The molecule has 7 heteroatoms. The van der Waals surface area contributed by atoms with E-state index in [0.717, 1.165) is 10.0 Å². The van der Waals surface area contributed by atoms with Crippen LogP contribution in [0.5, 0.6) is 0 Å². The van der Waals surface area contributed by atoms with Crippen LogP contribution in [0.25, 0.3) is 6.08 Å². The van der Waals surface area contributed by atoms with Crippen LogP contribution < -0.4 is 10.6 Å². The minimum Gasteiger partial charge on any atom is -0.480 e. The summed E-state index contributed by atoms with van der Waals surface area (Å²) in [6, 6.07) is 12.9. The minimum atomic E-state index is -1.17. The number of carbonyl (C=O) groups is 3. The lowest BCUT2D eigenvalue weighted by Crippen LogP contribution is -2.42. The number of halogens is 1. The zero-order valence-corrected chi connectivity index (χ0v) is 16.4. The summed E-state index contributed by atoms with van der Waals surface area (Å²) in [5, 5.41) is 13.9. The van der Waals surface area contributed by atoms with Crippen molar-refractivity contribution in [3.8, 4) is 0 Å². The number of rotatable bonds is 6. The summed E-state index contributed by atoms with van der Waals surface area (Å²) >= 11 is 3.35. The SMILES string of the molecule is Cc1ccc(C(=O)N/C(=C/c2cccc(Br)c2)C(=O)N[C@@H](C)C(=O)O)cc1. The van der Waals surface area contributed by atoms with Crippen LogP contribution in [-0.2, 0) is 9.59 Å². The first-order valence-electron chi connectivity index (χ1n) is 8.15. The highest BCUT2D eigenvalue weighted by Crippen LogP contribution is 2.14. The van der Waals surface area contributed by atoms with Gasteiger partial charge >= 0.3 is 5.97 Å². The van der Waals surface area contributed by atoms with Crippen molar-refractivity contribution < 1.29 is 19.5 Å². The van der Waals surface area contributed by atoms with Gasteiger partial charge in [-0.1, -0.05) is 45.8 Å². The van der Waals surface area contributed by atoms with Gasteiger partial charge in [0.2, 0.25) is 0 Å². The molecular formula is C20H19BrN2O4. The third-order valence-electron chi connectivity index (χ3n) is 3.68. The molecule has 0 aliphatic rings. The van der Waals surface area contributed by atoms with Crippen LogP contribution in [0.4, 0.5) is 0 Å². The Kier molecular flexibility index (Phi) is 6.90. The van der Waals surface area contributed by atoms with E-state index in [2.05, 4.69) is 26.6 Å². The second-order valence-electron chi connectivity index (χ2n) is 5.97. The number of aryl methyl sites for hydroxylation is 1. The lowest BCUT2D eigenvalue weighted by atomic mass is 10.1. The van der Waals surface area contributed by atoms with Gasteiger partial charge in [-0.2, -0.15) is 0 Å². The Balaban J connectivity index is 2.31. The molecule has 0 heterocycles. The summed E-state index contributed by atoms with van der Waals surface area (Å²) in [6.07, 6.45) is 1.49. The molecule has 1 atom stereocenters. The van der Waals surface area contributed by atoms with Gasteiger partial charge in [-0.3, -0.25) is 14.4 Å². The standard InChI is InChI=1S/C20H19BrN2O4/c1-12-6-8-15(9-7-12)18(24)23-17(19(25)22-13(2)20(26)27)11-14-4-3-5-16(21)10-14/h3-11,13H,1-2H3,(H,22,25)(H,23,24)(H,26,27)/b17-11+/t13-/m0/s1. The first kappa shape index (κ1) is 20.4. The van der Waals surface area contributed by atoms with Crippen molar-refractivity contribution in [1.29, 1.82) is 0 Å². The molecule has 2 aromatic carbocycles. The highest BCUT2D eigenvalue weighted by molar-refractivity contribution is 9.10. The molecule has 0 fully saturated rings. The summed E-state index contributed by atoms with van der Waals surface area (Å²) in [6.45, 7) is 3.25. The summed E-state index contributed by atoms with van der Waals surface area (Å²) in [5.74, 6) is -2.32. The molecule has 2 rings (SSSR count). The fourth-order valence-corrected chi connectivity index (χ4v) is 2.57. The molecular weight excluding hydrogens is 412 g/mol. The Morgan fingerprint density at radius 1 is 1.11 bits per heavy atom. The van der Waals surface area contributed by atoms with Crippen LogP contribution in [0, 0.1) is 6.92 Å². The molecule has 0 saturated heterocycles. The van der Waals surface area contributed by atoms with Gasteiger partial charge in [0.05, 0.1) is 0 Å². The number of carbonyl (C=O) groups excluding carboxylic acids is 2. The average molecular weight is 431 g/mol. The number of carboxylic acids is 1. The van der Waals surface area contributed by atoms with Crippen molar-refractivity contribution in [2.75, 3.05) is 0 Å². The number of aliphatic carboxylic acids is 1. The van der Waals surface area contributed by atoms with Crippen LogP contribution in [0.15, 0.2) is 58.7 Å². The van der Waals surface area contributed by atoms with Crippen molar-refractivity contribution in [3.05, 3.63) is 75.4 Å². The lowest BCUT2D eigenvalue weighted by molar-refractivity contribution is -0.140. The molecule has 0 aliphatic heterocycles. The number of benzene rings is 2. The molecule has 0 bridgehead atoms. The Bertz CT molecular complexity index is 891. The first-order valence-corrected chi connectivity index (χ1v) is 8.94. The molecule has 27 heavy (non-hydrogen) atoms. The van der Waals surface area contributed by atoms with Gasteiger partial charge in [0.25, 0.3) is 11.8 Å². The van der Waals surface area contributed by atoms with Crippen LogP contribution in [0.1, 0.15) is 28.4 Å². The predicted octanol–water partition coefficient (Wildman–Crippen LogP) is 3.12. The maximum Gasteiger partial charge on any atom is 0.325 e. The highest BCUT2D eigenvalue weighted by Gasteiger charge is 2.19. The Morgan fingerprint density at radius 2 is 1.78 bits per heavy atom. The lowest BCUT2D eigenvalue weighted by Gasteiger charge is -2.13. The van der Waals surface area contributed by atoms with Crippen molar-refractivity contribution in [2.24, 2.45) is 0 Å². The fraction of sp³-hybridized carbons (Fsp3) is 0.150. The second kappa shape index (κ2) is 9.14. The van der Waals surface area contributed by atoms with Gasteiger partial charge in [0.1, 0.15) is 11.7 Å². The second-order valence-corrected chi connectivity index (χ2v) is 6.88. The summed E-state index contributed by atoms with van der Waals surface area (Å²) in [7, 11) is 0. The maximum absolute atomic E-state index is 12.5. The van der Waals surface area contributed by atoms with Gasteiger partial charge in [-0.05, 0) is 49.8 Å². The van der Waals surface area contributed by atoms with E-state index < -0.39 is 23.8 Å². The normalized spacial score (nSPS) is 12.2. The van der Waals surface area contributed by atoms with E-state index in [4.69, 9.17) is 5.11 Å². The summed E-state index contributed by atoms with van der Waals surface area (Å²) in [5.41, 5.74) is 2.01. The number of hydrogen-bond acceptors (Lipinski definition) is 3. The number of carboxylic acid groups (broad SMARTS) is 1. The van der Waals surface area contributed by atoms with E-state index in [0.29, 0.717) is 11.1 Å². The molecule has 0 spiro atoms. The monoisotopic (exact) mass is 430 g/mol. The van der Waals surface area contributed by atoms with Gasteiger partial charge < -0.3 is 15.7 Å². The minimum absolute atomic E-state index is 0.0493. The molecule has 0 saturated carbocycles. The fourth-order valence-electron chi connectivity index (χ4n) is 2.16. The Hall–Kier alpha value is -2.93. The smallest absolute Gasteiger partial charge is 0.325 e. The molecule has 2 amide bonds. The average Bonchev–Trinajstić information content (AvgIpc) is 2.61. The van der Waals surface area contributed by atoms with E-state index in [1.54, 1.807) is 42.5 Å². The van der Waals surface area contributed by atoms with Crippen molar-refractivity contribution >= 4 is 39.8 Å². The molecule has 6 nitrogen and oxygen atoms in total. The molecule has 2 aromatic rings. The first-order chi connectivity index (χ1) is 12.8.